The van der Waals surface area contributed by atoms with Crippen LogP contribution in [0.4, 0.5) is 0 Å². The van der Waals surface area contributed by atoms with E-state index in [-0.39, 0.29) is 6.04 Å². The smallest absolute Gasteiger partial charge is 0.191 e. The van der Waals surface area contributed by atoms with Gasteiger partial charge in [-0.2, -0.15) is 0 Å². The van der Waals surface area contributed by atoms with E-state index in [4.69, 9.17) is 11.6 Å². The Balaban J connectivity index is 1.41. The highest BCUT2D eigenvalue weighted by Crippen LogP contribution is 2.22. The Bertz CT molecular complexity index is 783. The first-order valence-corrected chi connectivity index (χ1v) is 11.2. The van der Waals surface area contributed by atoms with Gasteiger partial charge in [-0.25, -0.2) is 4.98 Å². The zero-order valence-electron chi connectivity index (χ0n) is 16.9. The second-order valence-electron chi connectivity index (χ2n) is 7.42. The number of benzene rings is 1. The third kappa shape index (κ3) is 5.93. The first kappa shape index (κ1) is 21.1. The zero-order chi connectivity index (χ0) is 19.9. The van der Waals surface area contributed by atoms with Crippen LogP contribution in [0, 0.1) is 12.8 Å². The van der Waals surface area contributed by atoms with Crippen LogP contribution in [0.1, 0.15) is 42.1 Å². The molecule has 0 amide bonds. The lowest BCUT2D eigenvalue weighted by Gasteiger charge is -2.32. The molecule has 0 aliphatic carbocycles. The van der Waals surface area contributed by atoms with Crippen LogP contribution in [0.2, 0.25) is 5.02 Å². The van der Waals surface area contributed by atoms with E-state index < -0.39 is 0 Å². The molecule has 28 heavy (non-hydrogen) atoms. The molecule has 3 rings (SSSR count). The average molecular weight is 420 g/mol. The van der Waals surface area contributed by atoms with Crippen LogP contribution >= 0.6 is 22.9 Å². The molecular formula is C21H30ClN5S. The van der Waals surface area contributed by atoms with E-state index in [1.165, 1.54) is 18.5 Å². The van der Waals surface area contributed by atoms with Gasteiger partial charge < -0.3 is 10.6 Å². The Morgan fingerprint density at radius 3 is 2.75 bits per heavy atom. The van der Waals surface area contributed by atoms with Crippen LogP contribution in [0.3, 0.4) is 0 Å². The van der Waals surface area contributed by atoms with Gasteiger partial charge in [-0.1, -0.05) is 29.8 Å². The molecule has 152 valence electrons. The number of halogens is 1. The summed E-state index contributed by atoms with van der Waals surface area (Å²) < 4.78 is 0. The molecule has 2 heterocycles. The topological polar surface area (TPSA) is 52.6 Å². The van der Waals surface area contributed by atoms with Gasteiger partial charge in [0.25, 0.3) is 0 Å². The molecule has 1 aromatic carbocycles. The fourth-order valence-corrected chi connectivity index (χ4v) is 4.51. The molecule has 2 N–H and O–H groups in total. The Morgan fingerprint density at radius 1 is 1.36 bits per heavy atom. The summed E-state index contributed by atoms with van der Waals surface area (Å²) in [6, 6.07) is 8.03. The summed E-state index contributed by atoms with van der Waals surface area (Å²) >= 11 is 8.04. The van der Waals surface area contributed by atoms with Gasteiger partial charge in [0.2, 0.25) is 0 Å². The van der Waals surface area contributed by atoms with Crippen molar-refractivity contribution in [1.29, 1.82) is 0 Å². The van der Waals surface area contributed by atoms with Gasteiger partial charge in [-0.3, -0.25) is 9.89 Å². The third-order valence-electron chi connectivity index (χ3n) is 5.27. The van der Waals surface area contributed by atoms with Crippen LogP contribution in [0.25, 0.3) is 0 Å². The number of aliphatic imine (C=N–C) groups is 1. The van der Waals surface area contributed by atoms with Crippen LogP contribution < -0.4 is 10.6 Å². The first-order chi connectivity index (χ1) is 13.5. The molecule has 0 spiro atoms. The van der Waals surface area contributed by atoms with Crippen LogP contribution in [-0.4, -0.2) is 42.5 Å². The third-order valence-corrected chi connectivity index (χ3v) is 6.43. The molecular weight excluding hydrogens is 390 g/mol. The molecule has 2 aromatic rings. The molecule has 5 nitrogen and oxygen atoms in total. The van der Waals surface area contributed by atoms with Gasteiger partial charge in [-0.05, 0) is 57.3 Å². The zero-order valence-corrected chi connectivity index (χ0v) is 18.5. The monoisotopic (exact) mass is 419 g/mol. The minimum atomic E-state index is 0.100. The molecule has 7 heteroatoms. The predicted molar refractivity (Wildman–Crippen MR) is 119 cm³/mol. The minimum Gasteiger partial charge on any atom is -0.356 e. The van der Waals surface area contributed by atoms with Crippen LogP contribution in [-0.2, 0) is 6.54 Å². The number of hydrogen-bond donors (Lipinski definition) is 2. The fourth-order valence-electron chi connectivity index (χ4n) is 3.60. The van der Waals surface area contributed by atoms with Gasteiger partial charge in [0.05, 0.1) is 16.7 Å². The van der Waals surface area contributed by atoms with Gasteiger partial charge >= 0.3 is 0 Å². The van der Waals surface area contributed by atoms with Crippen molar-refractivity contribution in [3.05, 3.63) is 50.9 Å². The lowest BCUT2D eigenvalue weighted by Crippen LogP contribution is -2.43. The maximum Gasteiger partial charge on any atom is 0.191 e. The average Bonchev–Trinajstić information content (AvgIpc) is 3.11. The summed E-state index contributed by atoms with van der Waals surface area (Å²) in [5, 5.41) is 11.0. The summed E-state index contributed by atoms with van der Waals surface area (Å²) in [5.74, 6) is 1.50. The van der Waals surface area contributed by atoms with E-state index >= 15 is 0 Å². The maximum atomic E-state index is 6.31. The van der Waals surface area contributed by atoms with Crippen molar-refractivity contribution >= 4 is 28.9 Å². The number of guanidine groups is 1. The van der Waals surface area contributed by atoms with Crippen molar-refractivity contribution < 1.29 is 0 Å². The molecule has 0 saturated carbocycles. The molecule has 1 atom stereocenters. The second kappa shape index (κ2) is 10.2. The second-order valence-corrected chi connectivity index (χ2v) is 8.89. The van der Waals surface area contributed by atoms with Crippen molar-refractivity contribution in [3.63, 3.8) is 0 Å². The van der Waals surface area contributed by atoms with Gasteiger partial charge in [0, 0.05) is 30.5 Å². The highest BCUT2D eigenvalue weighted by atomic mass is 35.5. The lowest BCUT2D eigenvalue weighted by atomic mass is 9.97. The largest absolute Gasteiger partial charge is 0.356 e. The fraction of sp³-hybridized carbons (Fsp3) is 0.524. The van der Waals surface area contributed by atoms with Gasteiger partial charge in [0.15, 0.2) is 5.96 Å². The number of nitrogens with one attached hydrogen (secondary N) is 2. The lowest BCUT2D eigenvalue weighted by molar-refractivity contribution is 0.176. The number of hydrogen-bond acceptors (Lipinski definition) is 4. The number of thiazole rings is 1. The van der Waals surface area contributed by atoms with E-state index in [9.17, 15) is 0 Å². The van der Waals surface area contributed by atoms with E-state index in [0.717, 1.165) is 47.7 Å². The predicted octanol–water partition coefficient (Wildman–Crippen LogP) is 4.24. The number of piperidine rings is 1. The Labute approximate surface area is 177 Å². The highest BCUT2D eigenvalue weighted by molar-refractivity contribution is 7.09. The molecule has 1 aliphatic rings. The number of rotatable bonds is 6. The van der Waals surface area contributed by atoms with Crippen LogP contribution in [0.15, 0.2) is 34.6 Å². The number of aromatic nitrogens is 1. The first-order valence-electron chi connectivity index (χ1n) is 9.90. The summed E-state index contributed by atoms with van der Waals surface area (Å²) in [5.41, 5.74) is 2.29. The van der Waals surface area contributed by atoms with E-state index in [1.807, 2.05) is 31.3 Å². The Kier molecular flexibility index (Phi) is 7.71. The van der Waals surface area contributed by atoms with E-state index in [2.05, 4.69) is 44.7 Å². The van der Waals surface area contributed by atoms with Crippen molar-refractivity contribution in [2.75, 3.05) is 26.7 Å². The summed E-state index contributed by atoms with van der Waals surface area (Å²) in [6.07, 6.45) is 2.40. The van der Waals surface area contributed by atoms with Crippen molar-refractivity contribution in [2.24, 2.45) is 10.9 Å². The Morgan fingerprint density at radius 2 is 2.11 bits per heavy atom. The number of likely N-dealkylation sites (tertiary alicyclic amines) is 1. The minimum absolute atomic E-state index is 0.100. The van der Waals surface area contributed by atoms with E-state index in [0.29, 0.717) is 5.92 Å². The quantitative estimate of drug-likeness (QED) is 0.543. The summed E-state index contributed by atoms with van der Waals surface area (Å²) in [6.45, 7) is 8.35. The highest BCUT2D eigenvalue weighted by Gasteiger charge is 2.20. The van der Waals surface area contributed by atoms with Crippen molar-refractivity contribution in [2.45, 2.75) is 39.3 Å². The normalized spacial score (nSPS) is 17.5. The number of nitrogens with zero attached hydrogens (tertiary/aromatic N) is 3. The summed E-state index contributed by atoms with van der Waals surface area (Å²) in [4.78, 5) is 11.5. The molecule has 1 fully saturated rings. The molecule has 1 aliphatic heterocycles. The van der Waals surface area contributed by atoms with E-state index in [1.54, 1.807) is 11.3 Å². The maximum absolute atomic E-state index is 6.31. The number of aryl methyl sites for hydroxylation is 1. The summed E-state index contributed by atoms with van der Waals surface area (Å²) in [7, 11) is 1.81. The standard InChI is InChI=1S/C21H30ClN5S/c1-15(19-6-4-5-7-20(19)22)25-21(23-3)24-12-17-8-10-27(11-9-17)13-18-14-28-16(2)26-18/h4-7,14-15,17H,8-13H2,1-3H3,(H2,23,24,25). The SMILES string of the molecule is CN=C(NCC1CCN(Cc2csc(C)n2)CC1)NC(C)c1ccccc1Cl. The Hall–Kier alpha value is -1.63. The molecule has 0 bridgehead atoms. The van der Waals surface area contributed by atoms with Crippen LogP contribution in [0.5, 0.6) is 0 Å². The van der Waals surface area contributed by atoms with Gasteiger partial charge in [-0.15, -0.1) is 11.3 Å². The van der Waals surface area contributed by atoms with Gasteiger partial charge in [0.1, 0.15) is 0 Å². The van der Waals surface area contributed by atoms with Crippen molar-refractivity contribution in [1.82, 2.24) is 20.5 Å². The van der Waals surface area contributed by atoms with Crippen molar-refractivity contribution in [3.8, 4) is 0 Å². The molecule has 1 aromatic heterocycles. The molecule has 0 radical (unpaired) electrons. The molecule has 1 saturated heterocycles. The molecule has 1 unspecified atom stereocenters.